The van der Waals surface area contributed by atoms with Crippen LogP contribution in [0.2, 0.25) is 5.04 Å². The first-order chi connectivity index (χ1) is 13.5. The molecule has 0 saturated carbocycles. The predicted molar refractivity (Wildman–Crippen MR) is 124 cm³/mol. The van der Waals surface area contributed by atoms with E-state index in [2.05, 4.69) is 97.4 Å². The van der Waals surface area contributed by atoms with Crippen molar-refractivity contribution in [2.24, 2.45) is 0 Å². The Labute approximate surface area is 179 Å². The highest BCUT2D eigenvalue weighted by molar-refractivity contribution is 9.09. The highest BCUT2D eigenvalue weighted by atomic mass is 79.9. The molecule has 2 aromatic carbocycles. The molecule has 1 aliphatic rings. The topological polar surface area (TPSA) is 21.8 Å². The number of ether oxygens (including phenoxy) is 1. The van der Waals surface area contributed by atoms with Crippen LogP contribution in [0.4, 0.5) is 0 Å². The normalized spacial score (nSPS) is 19.6. The third kappa shape index (κ3) is 4.96. The third-order valence-electron chi connectivity index (χ3n) is 5.68. The summed E-state index contributed by atoms with van der Waals surface area (Å²) in [6.07, 6.45) is 5.45. The Morgan fingerprint density at radius 1 is 0.857 bits per heavy atom. The fraction of sp³-hybridized carbons (Fsp3) is 0.500. The molecule has 0 amide bonds. The summed E-state index contributed by atoms with van der Waals surface area (Å²) < 4.78 is 12.8. The van der Waals surface area contributed by atoms with Crippen LogP contribution in [0.25, 0.3) is 0 Å². The summed E-state index contributed by atoms with van der Waals surface area (Å²) >= 11 is 3.50. The predicted octanol–water partition coefficient (Wildman–Crippen LogP) is 5.29. The summed E-state index contributed by atoms with van der Waals surface area (Å²) in [6.45, 7) is 7.79. The van der Waals surface area contributed by atoms with Gasteiger partial charge in [0.1, 0.15) is 0 Å². The van der Waals surface area contributed by atoms with Crippen molar-refractivity contribution in [3.63, 3.8) is 0 Å². The van der Waals surface area contributed by atoms with Crippen LogP contribution >= 0.6 is 15.9 Å². The second kappa shape index (κ2) is 9.71. The van der Waals surface area contributed by atoms with Crippen molar-refractivity contribution in [2.75, 3.05) is 11.9 Å². The molecule has 0 aliphatic carbocycles. The number of rotatable bonds is 10. The van der Waals surface area contributed by atoms with Gasteiger partial charge in [0.25, 0.3) is 8.32 Å². The fourth-order valence-corrected chi connectivity index (χ4v) is 9.17. The van der Waals surface area contributed by atoms with Crippen LogP contribution in [0.15, 0.2) is 60.7 Å². The van der Waals surface area contributed by atoms with E-state index in [0.29, 0.717) is 12.2 Å². The van der Waals surface area contributed by atoms with E-state index in [1.807, 2.05) is 0 Å². The average molecular weight is 462 g/mol. The van der Waals surface area contributed by atoms with Crippen molar-refractivity contribution in [1.29, 1.82) is 0 Å². The smallest absolute Gasteiger partial charge is 0.261 e. The van der Waals surface area contributed by atoms with Gasteiger partial charge in [-0.15, -0.1) is 0 Å². The second-order valence-electron chi connectivity index (χ2n) is 8.70. The molecule has 2 atom stereocenters. The van der Waals surface area contributed by atoms with Gasteiger partial charge in [0.05, 0.1) is 12.2 Å². The fourth-order valence-electron chi connectivity index (χ4n) is 4.24. The first-order valence-corrected chi connectivity index (χ1v) is 13.5. The molecule has 4 heteroatoms. The summed E-state index contributed by atoms with van der Waals surface area (Å²) in [5.74, 6) is 0. The van der Waals surface area contributed by atoms with Gasteiger partial charge in [-0.1, -0.05) is 97.4 Å². The lowest BCUT2D eigenvalue weighted by molar-refractivity contribution is 0.277. The minimum atomic E-state index is -2.39. The molecule has 2 nitrogen and oxygen atoms in total. The summed E-state index contributed by atoms with van der Waals surface area (Å²) in [6, 6.07) is 21.8. The maximum Gasteiger partial charge on any atom is 0.261 e. The van der Waals surface area contributed by atoms with Gasteiger partial charge in [0.15, 0.2) is 0 Å². The second-order valence-corrected chi connectivity index (χ2v) is 13.8. The van der Waals surface area contributed by atoms with Crippen LogP contribution in [-0.4, -0.2) is 32.5 Å². The van der Waals surface area contributed by atoms with Gasteiger partial charge in [-0.3, -0.25) is 0 Å². The van der Waals surface area contributed by atoms with Crippen LogP contribution in [0.1, 0.15) is 46.5 Å². The molecule has 0 aromatic heterocycles. The van der Waals surface area contributed by atoms with Gasteiger partial charge in [-0.05, 0) is 41.1 Å². The standard InChI is InChI=1S/C24H33BrO2Si/c1-24(2,3)28(20-12-6-4-7-13-20,21-14-8-5-9-15-21)26-19-11-17-23-22(27-23)16-10-18-25/h4-9,12-15,22-23H,10-11,16-19H2,1-3H3/t22-,23+/m0/s1. The number of halogens is 1. The van der Waals surface area contributed by atoms with E-state index in [1.165, 1.54) is 23.2 Å². The zero-order valence-electron chi connectivity index (χ0n) is 17.4. The van der Waals surface area contributed by atoms with Gasteiger partial charge in [-0.25, -0.2) is 0 Å². The number of benzene rings is 2. The Kier molecular flexibility index (Phi) is 7.54. The van der Waals surface area contributed by atoms with E-state index in [-0.39, 0.29) is 5.04 Å². The molecule has 1 saturated heterocycles. The molecule has 0 unspecified atom stereocenters. The number of alkyl halides is 1. The maximum absolute atomic E-state index is 6.94. The first kappa shape index (κ1) is 21.8. The van der Waals surface area contributed by atoms with Crippen molar-refractivity contribution in [3.8, 4) is 0 Å². The molecule has 0 N–H and O–H groups in total. The lowest BCUT2D eigenvalue weighted by atomic mass is 10.1. The van der Waals surface area contributed by atoms with Crippen molar-refractivity contribution >= 4 is 34.6 Å². The number of hydrogen-bond acceptors (Lipinski definition) is 2. The lowest BCUT2D eigenvalue weighted by Gasteiger charge is -2.43. The van der Waals surface area contributed by atoms with Gasteiger partial charge < -0.3 is 9.16 Å². The monoisotopic (exact) mass is 460 g/mol. The van der Waals surface area contributed by atoms with Crippen molar-refractivity contribution in [1.82, 2.24) is 0 Å². The molecule has 3 rings (SSSR count). The van der Waals surface area contributed by atoms with Crippen LogP contribution < -0.4 is 10.4 Å². The van der Waals surface area contributed by atoms with Crippen LogP contribution in [-0.2, 0) is 9.16 Å². The molecular weight excluding hydrogens is 428 g/mol. The molecular formula is C24H33BrO2Si. The van der Waals surface area contributed by atoms with Gasteiger partial charge in [-0.2, -0.15) is 0 Å². The van der Waals surface area contributed by atoms with E-state index >= 15 is 0 Å². The lowest BCUT2D eigenvalue weighted by Crippen LogP contribution is -2.66. The minimum Gasteiger partial charge on any atom is -0.407 e. The quantitative estimate of drug-likeness (QED) is 0.208. The summed E-state index contributed by atoms with van der Waals surface area (Å²) in [5, 5.41) is 3.82. The summed E-state index contributed by atoms with van der Waals surface area (Å²) in [7, 11) is -2.39. The molecule has 1 heterocycles. The van der Waals surface area contributed by atoms with E-state index < -0.39 is 8.32 Å². The molecule has 152 valence electrons. The van der Waals surface area contributed by atoms with Crippen LogP contribution in [0.5, 0.6) is 0 Å². The molecule has 1 fully saturated rings. The molecule has 0 radical (unpaired) electrons. The van der Waals surface area contributed by atoms with Crippen molar-refractivity contribution in [2.45, 2.75) is 63.7 Å². The number of epoxide rings is 1. The van der Waals surface area contributed by atoms with Crippen LogP contribution in [0.3, 0.4) is 0 Å². The van der Waals surface area contributed by atoms with E-state index in [1.54, 1.807) is 0 Å². The summed E-state index contributed by atoms with van der Waals surface area (Å²) in [4.78, 5) is 0. The van der Waals surface area contributed by atoms with E-state index in [4.69, 9.17) is 9.16 Å². The Balaban J connectivity index is 1.74. The molecule has 0 bridgehead atoms. The molecule has 1 aliphatic heterocycles. The minimum absolute atomic E-state index is 0.0458. The largest absolute Gasteiger partial charge is 0.407 e. The van der Waals surface area contributed by atoms with Gasteiger partial charge in [0.2, 0.25) is 0 Å². The van der Waals surface area contributed by atoms with Crippen molar-refractivity contribution in [3.05, 3.63) is 60.7 Å². The van der Waals surface area contributed by atoms with Crippen molar-refractivity contribution < 1.29 is 9.16 Å². The molecule has 28 heavy (non-hydrogen) atoms. The summed E-state index contributed by atoms with van der Waals surface area (Å²) in [5.41, 5.74) is 0. The molecule has 0 spiro atoms. The first-order valence-electron chi connectivity index (χ1n) is 10.5. The van der Waals surface area contributed by atoms with Gasteiger partial charge in [0, 0.05) is 11.9 Å². The van der Waals surface area contributed by atoms with Gasteiger partial charge >= 0.3 is 0 Å². The Morgan fingerprint density at radius 3 is 1.82 bits per heavy atom. The Morgan fingerprint density at radius 2 is 1.36 bits per heavy atom. The van der Waals surface area contributed by atoms with E-state index in [9.17, 15) is 0 Å². The number of hydrogen-bond donors (Lipinski definition) is 0. The maximum atomic E-state index is 6.94. The SMILES string of the molecule is CC(C)(C)[Si](OCCC[C@H]1O[C@H]1CCCBr)(c1ccccc1)c1ccccc1. The Bertz CT molecular complexity index is 675. The highest BCUT2D eigenvalue weighted by Crippen LogP contribution is 2.37. The highest BCUT2D eigenvalue weighted by Gasteiger charge is 2.50. The third-order valence-corrected chi connectivity index (χ3v) is 11.3. The van der Waals surface area contributed by atoms with Crippen LogP contribution in [0, 0.1) is 0 Å². The Hall–Kier alpha value is -0.943. The van der Waals surface area contributed by atoms with E-state index in [0.717, 1.165) is 24.8 Å². The zero-order valence-corrected chi connectivity index (χ0v) is 20.0. The molecule has 2 aromatic rings. The average Bonchev–Trinajstić information content (AvgIpc) is 3.45. The zero-order chi connectivity index (χ0) is 20.0.